The molecule has 2 aromatic rings. The number of piperidine rings is 1. The molecule has 0 radical (unpaired) electrons. The largest absolute Gasteiger partial charge is 0.378 e. The van der Waals surface area contributed by atoms with Crippen LogP contribution in [0.3, 0.4) is 0 Å². The number of likely N-dealkylation sites (tertiary alicyclic amines) is 1. The number of benzene rings is 1. The van der Waals surface area contributed by atoms with Crippen LogP contribution in [0.5, 0.6) is 0 Å². The average molecular weight is 331 g/mol. The number of hydrogen-bond acceptors (Lipinski definition) is 4. The van der Waals surface area contributed by atoms with E-state index in [1.807, 2.05) is 12.1 Å². The quantitative estimate of drug-likeness (QED) is 0.914. The van der Waals surface area contributed by atoms with E-state index >= 15 is 0 Å². The van der Waals surface area contributed by atoms with Crippen molar-refractivity contribution in [1.82, 2.24) is 14.9 Å². The number of H-pyrrole nitrogens is 1. The van der Waals surface area contributed by atoms with Gasteiger partial charge in [-0.2, -0.15) is 0 Å². The smallest absolute Gasteiger partial charge is 0.251 e. The highest BCUT2D eigenvalue weighted by Gasteiger charge is 2.23. The van der Waals surface area contributed by atoms with E-state index < -0.39 is 0 Å². The number of ether oxygens (including phenoxy) is 1. The van der Waals surface area contributed by atoms with Crippen molar-refractivity contribution in [2.75, 3.05) is 20.2 Å². The van der Waals surface area contributed by atoms with Crippen LogP contribution in [0.15, 0.2) is 35.1 Å². The summed E-state index contributed by atoms with van der Waals surface area (Å²) in [6.45, 7) is 2.94. The van der Waals surface area contributed by atoms with E-state index in [0.717, 1.165) is 43.9 Å². The summed E-state index contributed by atoms with van der Waals surface area (Å²) in [5, 5.41) is 0. The van der Waals surface area contributed by atoms with Gasteiger partial charge in [0.05, 0.1) is 12.3 Å². The second-order valence-corrected chi connectivity index (χ2v) is 6.26. The molecule has 0 bridgehead atoms. The third-order valence-electron chi connectivity index (χ3n) is 4.32. The van der Waals surface area contributed by atoms with Crippen molar-refractivity contribution in [3.63, 3.8) is 0 Å². The minimum Gasteiger partial charge on any atom is -0.378 e. The average Bonchev–Trinajstić information content (AvgIpc) is 2.57. The van der Waals surface area contributed by atoms with Gasteiger partial charge in [-0.1, -0.05) is 12.1 Å². The highest BCUT2D eigenvalue weighted by Crippen LogP contribution is 2.25. The molecule has 0 amide bonds. The van der Waals surface area contributed by atoms with Gasteiger partial charge < -0.3 is 9.72 Å². The molecule has 5 nitrogen and oxygen atoms in total. The first-order valence-electron chi connectivity index (χ1n) is 8.20. The molecule has 1 aromatic carbocycles. The molecule has 24 heavy (non-hydrogen) atoms. The van der Waals surface area contributed by atoms with Crippen LogP contribution in [0.4, 0.5) is 4.39 Å². The molecule has 1 aliphatic rings. The van der Waals surface area contributed by atoms with Crippen molar-refractivity contribution in [2.24, 2.45) is 0 Å². The highest BCUT2D eigenvalue weighted by molar-refractivity contribution is 5.16. The fourth-order valence-electron chi connectivity index (χ4n) is 3.21. The topological polar surface area (TPSA) is 58.2 Å². The molecule has 1 aliphatic heterocycles. The maximum atomic E-state index is 13.0. The standard InChI is InChI=1S/C18H22FN3O2/c1-24-12-16-9-17(23)21-18(20-16)14-3-2-8-22(11-14)10-13-4-6-15(19)7-5-13/h4-7,9,14H,2-3,8,10-12H2,1H3,(H,20,21,23)/t14-/m0/s1. The van der Waals surface area contributed by atoms with Gasteiger partial charge in [-0.15, -0.1) is 0 Å². The number of nitrogens with one attached hydrogen (secondary N) is 1. The summed E-state index contributed by atoms with van der Waals surface area (Å²) >= 11 is 0. The number of aromatic amines is 1. The van der Waals surface area contributed by atoms with Crippen LogP contribution in [0, 0.1) is 5.82 Å². The molecule has 2 heterocycles. The molecule has 1 fully saturated rings. The molecule has 1 saturated heterocycles. The normalized spacial score (nSPS) is 18.7. The Morgan fingerprint density at radius 1 is 1.38 bits per heavy atom. The highest BCUT2D eigenvalue weighted by atomic mass is 19.1. The number of aromatic nitrogens is 2. The molecular formula is C18H22FN3O2. The lowest BCUT2D eigenvalue weighted by atomic mass is 9.96. The van der Waals surface area contributed by atoms with Gasteiger partial charge in [-0.25, -0.2) is 9.37 Å². The van der Waals surface area contributed by atoms with Crippen LogP contribution < -0.4 is 5.56 Å². The maximum Gasteiger partial charge on any atom is 0.251 e. The third-order valence-corrected chi connectivity index (χ3v) is 4.32. The maximum absolute atomic E-state index is 13.0. The van der Waals surface area contributed by atoms with E-state index in [2.05, 4.69) is 14.9 Å². The SMILES string of the molecule is COCc1cc(=O)[nH]c([C@H]2CCCN(Cc3ccc(F)cc3)C2)n1. The predicted octanol–water partition coefficient (Wildman–Crippen LogP) is 2.44. The van der Waals surface area contributed by atoms with Gasteiger partial charge >= 0.3 is 0 Å². The van der Waals surface area contributed by atoms with Gasteiger partial charge in [0, 0.05) is 32.2 Å². The van der Waals surface area contributed by atoms with Gasteiger partial charge in [0.25, 0.3) is 5.56 Å². The zero-order valence-corrected chi connectivity index (χ0v) is 13.8. The Balaban J connectivity index is 1.71. The lowest BCUT2D eigenvalue weighted by molar-refractivity contribution is 0.178. The first-order valence-corrected chi connectivity index (χ1v) is 8.20. The fraction of sp³-hybridized carbons (Fsp3) is 0.444. The Labute approximate surface area is 140 Å². The molecule has 0 spiro atoms. The monoisotopic (exact) mass is 331 g/mol. The van der Waals surface area contributed by atoms with Crippen molar-refractivity contribution >= 4 is 0 Å². The Bertz CT molecular complexity index is 730. The van der Waals surface area contributed by atoms with E-state index in [0.29, 0.717) is 12.3 Å². The van der Waals surface area contributed by atoms with Gasteiger partial charge in [-0.05, 0) is 37.1 Å². The minimum atomic E-state index is -0.216. The molecule has 128 valence electrons. The van der Waals surface area contributed by atoms with E-state index in [1.54, 1.807) is 7.11 Å². The second kappa shape index (κ2) is 7.68. The molecule has 1 N–H and O–H groups in total. The van der Waals surface area contributed by atoms with Gasteiger partial charge in [0.15, 0.2) is 0 Å². The van der Waals surface area contributed by atoms with E-state index in [4.69, 9.17) is 4.74 Å². The lowest BCUT2D eigenvalue weighted by Gasteiger charge is -2.32. The van der Waals surface area contributed by atoms with Gasteiger partial charge in [0.2, 0.25) is 0 Å². The second-order valence-electron chi connectivity index (χ2n) is 6.26. The number of hydrogen-bond donors (Lipinski definition) is 1. The molecule has 0 unspecified atom stereocenters. The summed E-state index contributed by atoms with van der Waals surface area (Å²) in [6, 6.07) is 8.09. The summed E-state index contributed by atoms with van der Waals surface area (Å²) in [4.78, 5) is 21.6. The van der Waals surface area contributed by atoms with Crippen molar-refractivity contribution in [2.45, 2.75) is 31.9 Å². The van der Waals surface area contributed by atoms with Crippen LogP contribution in [0.1, 0.15) is 35.8 Å². The van der Waals surface area contributed by atoms with Gasteiger partial charge in [-0.3, -0.25) is 9.69 Å². The van der Waals surface area contributed by atoms with E-state index in [-0.39, 0.29) is 17.3 Å². The van der Waals surface area contributed by atoms with Crippen LogP contribution >= 0.6 is 0 Å². The van der Waals surface area contributed by atoms with Crippen molar-refractivity contribution in [3.8, 4) is 0 Å². The summed E-state index contributed by atoms with van der Waals surface area (Å²) in [5.74, 6) is 0.717. The Kier molecular flexibility index (Phi) is 5.37. The zero-order chi connectivity index (χ0) is 16.9. The number of rotatable bonds is 5. The number of halogens is 1. The first kappa shape index (κ1) is 16.8. The van der Waals surface area contributed by atoms with Crippen molar-refractivity contribution < 1.29 is 9.13 Å². The first-order chi connectivity index (χ1) is 11.6. The molecule has 3 rings (SSSR count). The Hall–Kier alpha value is -2.05. The van der Waals surface area contributed by atoms with Crippen molar-refractivity contribution in [1.29, 1.82) is 0 Å². The predicted molar refractivity (Wildman–Crippen MR) is 89.2 cm³/mol. The number of nitrogens with zero attached hydrogens (tertiary/aromatic N) is 2. The molecule has 6 heteroatoms. The Morgan fingerprint density at radius 3 is 2.92 bits per heavy atom. The molecular weight excluding hydrogens is 309 g/mol. The van der Waals surface area contributed by atoms with Crippen LogP contribution in [0.25, 0.3) is 0 Å². The molecule has 1 aromatic heterocycles. The molecule has 0 saturated carbocycles. The summed E-state index contributed by atoms with van der Waals surface area (Å²) in [6.07, 6.45) is 2.05. The van der Waals surface area contributed by atoms with E-state index in [1.165, 1.54) is 18.2 Å². The summed E-state index contributed by atoms with van der Waals surface area (Å²) in [5.41, 5.74) is 1.61. The molecule has 1 atom stereocenters. The lowest BCUT2D eigenvalue weighted by Crippen LogP contribution is -2.35. The zero-order valence-electron chi connectivity index (χ0n) is 13.8. The summed E-state index contributed by atoms with van der Waals surface area (Å²) in [7, 11) is 1.59. The third kappa shape index (κ3) is 4.27. The minimum absolute atomic E-state index is 0.136. The number of methoxy groups -OCH3 is 1. The summed E-state index contributed by atoms with van der Waals surface area (Å²) < 4.78 is 18.1. The molecule has 0 aliphatic carbocycles. The van der Waals surface area contributed by atoms with Crippen LogP contribution in [-0.4, -0.2) is 35.1 Å². The van der Waals surface area contributed by atoms with Crippen molar-refractivity contribution in [3.05, 3.63) is 63.6 Å². The van der Waals surface area contributed by atoms with E-state index in [9.17, 15) is 9.18 Å². The fourth-order valence-corrected chi connectivity index (χ4v) is 3.21. The Morgan fingerprint density at radius 2 is 2.17 bits per heavy atom. The van der Waals surface area contributed by atoms with Gasteiger partial charge in [0.1, 0.15) is 11.6 Å². The van der Waals surface area contributed by atoms with Crippen LogP contribution in [-0.2, 0) is 17.9 Å². The van der Waals surface area contributed by atoms with Crippen LogP contribution in [0.2, 0.25) is 0 Å².